The molecular weight excluding hydrogens is 314 g/mol. The van der Waals surface area contributed by atoms with Crippen LogP contribution in [0.5, 0.6) is 0 Å². The van der Waals surface area contributed by atoms with Gasteiger partial charge in [0.15, 0.2) is 5.78 Å². The maximum absolute atomic E-state index is 12.8. The standard InChI is InChI=1S/C17H14BrNO/c1-10-7-8-12(14(18)9-10)17(20)16-11(2)19-15-6-4-3-5-13(15)16/h3-9,19H,1-2H3. The van der Waals surface area contributed by atoms with Crippen LogP contribution in [0.3, 0.4) is 0 Å². The van der Waals surface area contributed by atoms with Crippen molar-refractivity contribution in [3.05, 3.63) is 69.3 Å². The van der Waals surface area contributed by atoms with Crippen LogP contribution >= 0.6 is 15.9 Å². The SMILES string of the molecule is Cc1ccc(C(=O)c2c(C)[nH]c3ccccc23)c(Br)c1. The number of hydrogen-bond donors (Lipinski definition) is 1. The fraction of sp³-hybridized carbons (Fsp3) is 0.118. The van der Waals surface area contributed by atoms with Gasteiger partial charge in [0, 0.05) is 26.6 Å². The number of H-pyrrole nitrogens is 1. The molecule has 0 aliphatic rings. The number of benzene rings is 2. The van der Waals surface area contributed by atoms with Crippen molar-refractivity contribution in [1.29, 1.82) is 0 Å². The minimum Gasteiger partial charge on any atom is -0.358 e. The summed E-state index contributed by atoms with van der Waals surface area (Å²) in [7, 11) is 0. The molecular formula is C17H14BrNO. The summed E-state index contributed by atoms with van der Waals surface area (Å²) < 4.78 is 0.840. The average molecular weight is 328 g/mol. The van der Waals surface area contributed by atoms with Crippen LogP contribution in [0.1, 0.15) is 27.2 Å². The van der Waals surface area contributed by atoms with Crippen LogP contribution in [0.15, 0.2) is 46.9 Å². The van der Waals surface area contributed by atoms with Crippen molar-refractivity contribution in [2.24, 2.45) is 0 Å². The molecule has 2 nitrogen and oxygen atoms in total. The number of carbonyl (C=O) groups is 1. The Bertz CT molecular complexity index is 817. The summed E-state index contributed by atoms with van der Waals surface area (Å²) in [6.07, 6.45) is 0. The van der Waals surface area contributed by atoms with Crippen LogP contribution in [0.25, 0.3) is 10.9 Å². The van der Waals surface area contributed by atoms with Gasteiger partial charge < -0.3 is 4.98 Å². The molecule has 0 fully saturated rings. The highest BCUT2D eigenvalue weighted by molar-refractivity contribution is 9.10. The van der Waals surface area contributed by atoms with Gasteiger partial charge >= 0.3 is 0 Å². The van der Waals surface area contributed by atoms with Gasteiger partial charge in [0.25, 0.3) is 0 Å². The molecule has 0 saturated heterocycles. The number of hydrogen-bond acceptors (Lipinski definition) is 1. The van der Waals surface area contributed by atoms with Crippen LogP contribution in [-0.4, -0.2) is 10.8 Å². The quantitative estimate of drug-likeness (QED) is 0.675. The molecule has 1 N–H and O–H groups in total. The number of carbonyl (C=O) groups excluding carboxylic acids is 1. The number of ketones is 1. The van der Waals surface area contributed by atoms with Gasteiger partial charge in [0.1, 0.15) is 0 Å². The van der Waals surface area contributed by atoms with Crippen molar-refractivity contribution in [3.8, 4) is 0 Å². The van der Waals surface area contributed by atoms with E-state index in [1.165, 1.54) is 0 Å². The highest BCUT2D eigenvalue weighted by atomic mass is 79.9. The molecule has 0 spiro atoms. The van der Waals surface area contributed by atoms with Crippen LogP contribution < -0.4 is 0 Å². The number of nitrogens with one attached hydrogen (secondary N) is 1. The molecule has 1 aromatic heterocycles. The Morgan fingerprint density at radius 1 is 1.10 bits per heavy atom. The maximum Gasteiger partial charge on any atom is 0.196 e. The second kappa shape index (κ2) is 4.91. The van der Waals surface area contributed by atoms with E-state index in [4.69, 9.17) is 0 Å². The minimum absolute atomic E-state index is 0.0480. The van der Waals surface area contributed by atoms with E-state index >= 15 is 0 Å². The number of halogens is 1. The third-order valence-electron chi connectivity index (χ3n) is 3.49. The van der Waals surface area contributed by atoms with Crippen molar-refractivity contribution < 1.29 is 4.79 Å². The Labute approximate surface area is 126 Å². The van der Waals surface area contributed by atoms with E-state index in [1.54, 1.807) is 0 Å². The molecule has 0 radical (unpaired) electrons. The number of fused-ring (bicyclic) bond motifs is 1. The van der Waals surface area contributed by atoms with Gasteiger partial charge in [0.2, 0.25) is 0 Å². The molecule has 0 bridgehead atoms. The molecule has 2 aromatic carbocycles. The van der Waals surface area contributed by atoms with E-state index in [1.807, 2.05) is 56.3 Å². The van der Waals surface area contributed by atoms with Gasteiger partial charge in [-0.2, -0.15) is 0 Å². The van der Waals surface area contributed by atoms with Crippen LogP contribution in [0.4, 0.5) is 0 Å². The van der Waals surface area contributed by atoms with Crippen molar-refractivity contribution in [2.75, 3.05) is 0 Å². The number of aromatic nitrogens is 1. The van der Waals surface area contributed by atoms with Crippen molar-refractivity contribution in [1.82, 2.24) is 4.98 Å². The van der Waals surface area contributed by atoms with Gasteiger partial charge in [0.05, 0.1) is 5.56 Å². The summed E-state index contributed by atoms with van der Waals surface area (Å²) in [5.41, 5.74) is 4.48. The highest BCUT2D eigenvalue weighted by Crippen LogP contribution is 2.28. The van der Waals surface area contributed by atoms with Crippen LogP contribution in [0.2, 0.25) is 0 Å². The number of aromatic amines is 1. The van der Waals surface area contributed by atoms with Crippen molar-refractivity contribution in [2.45, 2.75) is 13.8 Å². The molecule has 0 saturated carbocycles. The summed E-state index contributed by atoms with van der Waals surface area (Å²) >= 11 is 3.49. The first-order valence-electron chi connectivity index (χ1n) is 6.46. The Hall–Kier alpha value is -1.87. The molecule has 20 heavy (non-hydrogen) atoms. The first-order valence-corrected chi connectivity index (χ1v) is 7.25. The molecule has 0 aliphatic carbocycles. The molecule has 3 rings (SSSR count). The third kappa shape index (κ3) is 2.08. The lowest BCUT2D eigenvalue weighted by Crippen LogP contribution is -2.03. The third-order valence-corrected chi connectivity index (χ3v) is 4.15. The van der Waals surface area contributed by atoms with E-state index in [0.29, 0.717) is 5.56 Å². The fourth-order valence-electron chi connectivity index (χ4n) is 2.51. The smallest absolute Gasteiger partial charge is 0.196 e. The monoisotopic (exact) mass is 327 g/mol. The first kappa shape index (κ1) is 13.1. The van der Waals surface area contributed by atoms with E-state index in [0.717, 1.165) is 32.2 Å². The second-order valence-electron chi connectivity index (χ2n) is 4.98. The normalized spacial score (nSPS) is 10.9. The minimum atomic E-state index is 0.0480. The number of rotatable bonds is 2. The predicted molar refractivity (Wildman–Crippen MR) is 85.3 cm³/mol. The van der Waals surface area contributed by atoms with Crippen LogP contribution in [0, 0.1) is 13.8 Å². The molecule has 0 aliphatic heterocycles. The zero-order valence-corrected chi connectivity index (χ0v) is 12.9. The van der Waals surface area contributed by atoms with Gasteiger partial charge in [-0.1, -0.05) is 40.2 Å². The van der Waals surface area contributed by atoms with E-state index in [-0.39, 0.29) is 5.78 Å². The van der Waals surface area contributed by atoms with Gasteiger partial charge in [-0.25, -0.2) is 0 Å². The Morgan fingerprint density at radius 2 is 1.85 bits per heavy atom. The largest absolute Gasteiger partial charge is 0.358 e. The Balaban J connectivity index is 2.20. The van der Waals surface area contributed by atoms with Gasteiger partial charge in [-0.05, 0) is 37.6 Å². The molecule has 0 amide bonds. The zero-order chi connectivity index (χ0) is 14.3. The Morgan fingerprint density at radius 3 is 2.60 bits per heavy atom. The zero-order valence-electron chi connectivity index (χ0n) is 11.3. The molecule has 0 unspecified atom stereocenters. The highest BCUT2D eigenvalue weighted by Gasteiger charge is 2.19. The summed E-state index contributed by atoms with van der Waals surface area (Å²) in [4.78, 5) is 16.1. The van der Waals surface area contributed by atoms with Crippen LogP contribution in [-0.2, 0) is 0 Å². The molecule has 1 heterocycles. The molecule has 0 atom stereocenters. The summed E-state index contributed by atoms with van der Waals surface area (Å²) in [5, 5.41) is 0.975. The van der Waals surface area contributed by atoms with E-state index in [9.17, 15) is 4.79 Å². The average Bonchev–Trinajstić information content (AvgIpc) is 2.73. The van der Waals surface area contributed by atoms with Gasteiger partial charge in [-0.15, -0.1) is 0 Å². The molecule has 100 valence electrons. The second-order valence-corrected chi connectivity index (χ2v) is 5.84. The lowest BCUT2D eigenvalue weighted by atomic mass is 10.00. The van der Waals surface area contributed by atoms with Crippen molar-refractivity contribution in [3.63, 3.8) is 0 Å². The van der Waals surface area contributed by atoms with Crippen molar-refractivity contribution >= 4 is 32.6 Å². The molecule has 3 aromatic rings. The number of aryl methyl sites for hydroxylation is 2. The lowest BCUT2D eigenvalue weighted by molar-refractivity contribution is 0.103. The van der Waals surface area contributed by atoms with E-state index in [2.05, 4.69) is 20.9 Å². The maximum atomic E-state index is 12.8. The summed E-state index contributed by atoms with van der Waals surface area (Å²) in [5.74, 6) is 0.0480. The summed E-state index contributed by atoms with van der Waals surface area (Å²) in [6, 6.07) is 13.7. The molecule has 3 heteroatoms. The van der Waals surface area contributed by atoms with Gasteiger partial charge in [-0.3, -0.25) is 4.79 Å². The van der Waals surface area contributed by atoms with E-state index < -0.39 is 0 Å². The number of para-hydroxylation sites is 1. The summed E-state index contributed by atoms with van der Waals surface area (Å²) in [6.45, 7) is 3.95. The Kier molecular flexibility index (Phi) is 3.22. The first-order chi connectivity index (χ1) is 9.58. The predicted octanol–water partition coefficient (Wildman–Crippen LogP) is 4.78. The fourth-order valence-corrected chi connectivity index (χ4v) is 3.18. The lowest BCUT2D eigenvalue weighted by Gasteiger charge is -2.05. The topological polar surface area (TPSA) is 32.9 Å².